The molecule has 0 amide bonds. The molecule has 1 saturated carbocycles. The van der Waals surface area contributed by atoms with Gasteiger partial charge in [0.15, 0.2) is 5.78 Å². The number of carbonyl (C=O) groups is 1. The molecule has 4 rings (SSSR count). The van der Waals surface area contributed by atoms with Crippen molar-refractivity contribution in [2.24, 2.45) is 0 Å². The zero-order valence-electron chi connectivity index (χ0n) is 18.1. The number of nitrogens with one attached hydrogen (secondary N) is 1. The minimum atomic E-state index is -0.0799. The fraction of sp³-hybridized carbons (Fsp3) is 0.333. The van der Waals surface area contributed by atoms with Crippen LogP contribution in [0.25, 0.3) is 16.8 Å². The molecule has 0 unspecified atom stereocenters. The summed E-state index contributed by atoms with van der Waals surface area (Å²) in [6, 6.07) is 12.2. The first kappa shape index (κ1) is 21.4. The summed E-state index contributed by atoms with van der Waals surface area (Å²) in [5.74, 6) is 1.56. The number of fused-ring (bicyclic) bond motifs is 1. The van der Waals surface area contributed by atoms with Crippen LogP contribution in [0.5, 0.6) is 5.75 Å². The molecule has 162 valence electrons. The normalized spacial score (nSPS) is 14.5. The minimum absolute atomic E-state index is 0.0799. The first-order valence-corrected chi connectivity index (χ1v) is 11.3. The number of ketones is 1. The van der Waals surface area contributed by atoms with Crippen LogP contribution < -0.4 is 10.1 Å². The lowest BCUT2D eigenvalue weighted by atomic mass is 10.0. The average molecular weight is 483 g/mol. The summed E-state index contributed by atoms with van der Waals surface area (Å²) >= 11 is 3.56. The number of ether oxygens (including phenoxy) is 1. The highest BCUT2D eigenvalue weighted by molar-refractivity contribution is 9.10. The van der Waals surface area contributed by atoms with Gasteiger partial charge in [-0.25, -0.2) is 4.52 Å². The molecule has 1 fully saturated rings. The molecule has 1 aromatic carbocycles. The molecule has 0 aliphatic heterocycles. The van der Waals surface area contributed by atoms with Gasteiger partial charge in [-0.1, -0.05) is 18.9 Å². The SMILES string of the molecule is COc1ccc(-c2nn3c(NC4CCCC4)cccc3c2C(=O)/C=C/N(C)C)cc1Br. The lowest BCUT2D eigenvalue weighted by Crippen LogP contribution is -2.17. The number of nitrogens with zero attached hydrogens (tertiary/aromatic N) is 3. The van der Waals surface area contributed by atoms with Crippen molar-refractivity contribution in [1.82, 2.24) is 14.5 Å². The summed E-state index contributed by atoms with van der Waals surface area (Å²) in [7, 11) is 5.42. The third kappa shape index (κ3) is 4.46. The molecule has 0 spiro atoms. The van der Waals surface area contributed by atoms with Gasteiger partial charge in [-0.15, -0.1) is 0 Å². The van der Waals surface area contributed by atoms with E-state index in [1.165, 1.54) is 12.8 Å². The molecule has 3 aromatic rings. The number of aromatic nitrogens is 2. The molecule has 7 heteroatoms. The van der Waals surface area contributed by atoms with Crippen LogP contribution in [-0.4, -0.2) is 47.5 Å². The highest BCUT2D eigenvalue weighted by Gasteiger charge is 2.23. The fourth-order valence-electron chi connectivity index (χ4n) is 4.02. The second-order valence-electron chi connectivity index (χ2n) is 8.05. The van der Waals surface area contributed by atoms with Crippen molar-refractivity contribution in [2.75, 3.05) is 26.5 Å². The standard InChI is InChI=1S/C24H27BrN4O2/c1-28(2)14-13-20(30)23-19-9-6-10-22(26-17-7-4-5-8-17)29(19)27-24(23)16-11-12-21(31-3)18(25)15-16/h6,9-15,17,26H,4-5,7-8H2,1-3H3/b14-13+. The van der Waals surface area contributed by atoms with Gasteiger partial charge in [0.25, 0.3) is 0 Å². The van der Waals surface area contributed by atoms with Crippen molar-refractivity contribution in [2.45, 2.75) is 31.7 Å². The molecular formula is C24H27BrN4O2. The Labute approximate surface area is 191 Å². The first-order chi connectivity index (χ1) is 15.0. The number of halogens is 1. The van der Waals surface area contributed by atoms with Crippen LogP contribution in [0.15, 0.2) is 53.1 Å². The number of allylic oxidation sites excluding steroid dienone is 1. The molecule has 1 N–H and O–H groups in total. The van der Waals surface area contributed by atoms with Crippen molar-refractivity contribution < 1.29 is 9.53 Å². The highest BCUT2D eigenvalue weighted by atomic mass is 79.9. The maximum absolute atomic E-state index is 13.3. The van der Waals surface area contributed by atoms with Crippen LogP contribution in [0.2, 0.25) is 0 Å². The quantitative estimate of drug-likeness (QED) is 0.361. The van der Waals surface area contributed by atoms with Gasteiger partial charge in [-0.3, -0.25) is 4.79 Å². The molecule has 1 aliphatic carbocycles. The summed E-state index contributed by atoms with van der Waals surface area (Å²) in [6.07, 6.45) is 8.17. The van der Waals surface area contributed by atoms with Crippen LogP contribution in [0, 0.1) is 0 Å². The molecule has 2 heterocycles. The van der Waals surface area contributed by atoms with Gasteiger partial charge in [-0.05, 0) is 59.1 Å². The Balaban J connectivity index is 1.87. The molecule has 0 bridgehead atoms. The Morgan fingerprint density at radius 3 is 2.71 bits per heavy atom. The number of benzene rings is 1. The monoisotopic (exact) mass is 482 g/mol. The number of anilines is 1. The van der Waals surface area contributed by atoms with Crippen LogP contribution in [-0.2, 0) is 0 Å². The third-order valence-corrected chi connectivity index (χ3v) is 6.18. The van der Waals surface area contributed by atoms with E-state index < -0.39 is 0 Å². The summed E-state index contributed by atoms with van der Waals surface area (Å²) in [6.45, 7) is 0. The van der Waals surface area contributed by atoms with Crippen LogP contribution >= 0.6 is 15.9 Å². The molecule has 0 atom stereocenters. The molecule has 0 radical (unpaired) electrons. The van der Waals surface area contributed by atoms with E-state index in [0.29, 0.717) is 17.3 Å². The first-order valence-electron chi connectivity index (χ1n) is 10.5. The van der Waals surface area contributed by atoms with Gasteiger partial charge in [0.05, 0.1) is 22.7 Å². The highest BCUT2D eigenvalue weighted by Crippen LogP contribution is 2.34. The number of hydrogen-bond acceptors (Lipinski definition) is 5. The van der Waals surface area contributed by atoms with E-state index in [1.54, 1.807) is 19.4 Å². The van der Waals surface area contributed by atoms with Crippen LogP contribution in [0.1, 0.15) is 36.0 Å². The van der Waals surface area contributed by atoms with E-state index >= 15 is 0 Å². The number of hydrogen-bond donors (Lipinski definition) is 1. The number of methoxy groups -OCH3 is 1. The second kappa shape index (κ2) is 9.14. The van der Waals surface area contributed by atoms with E-state index in [-0.39, 0.29) is 5.78 Å². The molecule has 2 aromatic heterocycles. The van der Waals surface area contributed by atoms with Crippen molar-refractivity contribution in [1.29, 1.82) is 0 Å². The number of rotatable bonds is 7. The van der Waals surface area contributed by atoms with E-state index in [0.717, 1.165) is 40.0 Å². The second-order valence-corrected chi connectivity index (χ2v) is 8.90. The van der Waals surface area contributed by atoms with Gasteiger partial charge in [0, 0.05) is 38.0 Å². The Morgan fingerprint density at radius 1 is 1.26 bits per heavy atom. The maximum atomic E-state index is 13.3. The lowest BCUT2D eigenvalue weighted by Gasteiger charge is -2.14. The van der Waals surface area contributed by atoms with E-state index in [2.05, 4.69) is 21.2 Å². The fourth-order valence-corrected chi connectivity index (χ4v) is 4.56. The summed E-state index contributed by atoms with van der Waals surface area (Å²) in [5.41, 5.74) is 2.88. The van der Waals surface area contributed by atoms with Gasteiger partial charge < -0.3 is 15.0 Å². The van der Waals surface area contributed by atoms with Gasteiger partial charge >= 0.3 is 0 Å². The van der Waals surface area contributed by atoms with E-state index in [1.807, 2.05) is 59.9 Å². The summed E-state index contributed by atoms with van der Waals surface area (Å²) < 4.78 is 8.04. The predicted octanol–water partition coefficient (Wildman–Crippen LogP) is 5.38. The predicted molar refractivity (Wildman–Crippen MR) is 128 cm³/mol. The molecular weight excluding hydrogens is 456 g/mol. The molecule has 0 saturated heterocycles. The Bertz CT molecular complexity index is 1130. The van der Waals surface area contributed by atoms with Crippen molar-refractivity contribution in [3.05, 3.63) is 58.7 Å². The topological polar surface area (TPSA) is 58.9 Å². The molecule has 6 nitrogen and oxygen atoms in total. The Hall–Kier alpha value is -2.80. The molecule has 31 heavy (non-hydrogen) atoms. The zero-order valence-corrected chi connectivity index (χ0v) is 19.6. The smallest absolute Gasteiger partial charge is 0.191 e. The van der Waals surface area contributed by atoms with Gasteiger partial charge in [0.1, 0.15) is 17.3 Å². The van der Waals surface area contributed by atoms with Crippen LogP contribution in [0.3, 0.4) is 0 Å². The van der Waals surface area contributed by atoms with Gasteiger partial charge in [-0.2, -0.15) is 5.10 Å². The van der Waals surface area contributed by atoms with Crippen LogP contribution in [0.4, 0.5) is 5.82 Å². The van der Waals surface area contributed by atoms with Crippen molar-refractivity contribution >= 4 is 33.0 Å². The van der Waals surface area contributed by atoms with Crippen molar-refractivity contribution in [3.8, 4) is 17.0 Å². The number of carbonyl (C=O) groups excluding carboxylic acids is 1. The van der Waals surface area contributed by atoms with Gasteiger partial charge in [0.2, 0.25) is 0 Å². The molecule has 1 aliphatic rings. The largest absolute Gasteiger partial charge is 0.496 e. The lowest BCUT2D eigenvalue weighted by molar-refractivity contribution is 0.104. The average Bonchev–Trinajstić information content (AvgIpc) is 3.40. The Kier molecular flexibility index (Phi) is 6.32. The van der Waals surface area contributed by atoms with E-state index in [4.69, 9.17) is 9.84 Å². The van der Waals surface area contributed by atoms with Crippen molar-refractivity contribution in [3.63, 3.8) is 0 Å². The minimum Gasteiger partial charge on any atom is -0.496 e. The summed E-state index contributed by atoms with van der Waals surface area (Å²) in [5, 5.41) is 8.52. The maximum Gasteiger partial charge on any atom is 0.191 e. The van der Waals surface area contributed by atoms with E-state index in [9.17, 15) is 4.79 Å². The number of pyridine rings is 1. The zero-order chi connectivity index (χ0) is 22.0. The Morgan fingerprint density at radius 2 is 2.03 bits per heavy atom. The summed E-state index contributed by atoms with van der Waals surface area (Å²) in [4.78, 5) is 15.1. The third-order valence-electron chi connectivity index (χ3n) is 5.56.